The van der Waals surface area contributed by atoms with Gasteiger partial charge in [0.15, 0.2) is 27.3 Å². The Hall–Kier alpha value is -3.09. The number of aromatic nitrogens is 2. The lowest BCUT2D eigenvalue weighted by Gasteiger charge is -2.38. The van der Waals surface area contributed by atoms with Gasteiger partial charge in [-0.2, -0.15) is 0 Å². The average molecular weight is 580 g/mol. The zero-order chi connectivity index (χ0) is 29.4. The van der Waals surface area contributed by atoms with E-state index in [1.807, 2.05) is 0 Å². The molecule has 0 N–H and O–H groups in total. The first-order chi connectivity index (χ1) is 18.8. The summed E-state index contributed by atoms with van der Waals surface area (Å²) < 4.78 is 74.4. The average Bonchev–Trinajstić information content (AvgIpc) is 2.88. The van der Waals surface area contributed by atoms with E-state index in [0.29, 0.717) is 6.54 Å². The molecule has 40 heavy (non-hydrogen) atoms. The number of halogens is 3. The molecule has 0 spiro atoms. The highest BCUT2D eigenvalue weighted by Crippen LogP contribution is 2.31. The second-order valence-corrected chi connectivity index (χ2v) is 12.8. The summed E-state index contributed by atoms with van der Waals surface area (Å²) in [6.07, 6.45) is 2.40. The maximum Gasteiger partial charge on any atom is 0.261 e. The van der Waals surface area contributed by atoms with Crippen LogP contribution in [0.5, 0.6) is 0 Å². The van der Waals surface area contributed by atoms with Gasteiger partial charge in [0.1, 0.15) is 10.6 Å². The Kier molecular flexibility index (Phi) is 8.53. The van der Waals surface area contributed by atoms with Crippen LogP contribution in [0.4, 0.5) is 13.2 Å². The van der Waals surface area contributed by atoms with E-state index < -0.39 is 43.4 Å². The molecule has 0 radical (unpaired) electrons. The van der Waals surface area contributed by atoms with Crippen molar-refractivity contribution < 1.29 is 31.1 Å². The van der Waals surface area contributed by atoms with Gasteiger partial charge in [-0.25, -0.2) is 26.6 Å². The molecule has 1 aliphatic heterocycles. The molecule has 0 amide bonds. The van der Waals surface area contributed by atoms with Gasteiger partial charge in [-0.15, -0.1) is 0 Å². The van der Waals surface area contributed by atoms with Gasteiger partial charge in [0, 0.05) is 57.1 Å². The summed E-state index contributed by atoms with van der Waals surface area (Å²) >= 11 is 0. The summed E-state index contributed by atoms with van der Waals surface area (Å²) in [4.78, 5) is 31.7. The van der Waals surface area contributed by atoms with E-state index in [9.17, 15) is 22.4 Å². The van der Waals surface area contributed by atoms with Crippen LogP contribution in [0.3, 0.4) is 0 Å². The monoisotopic (exact) mass is 579 g/mol. The number of carbonyl (C=O) groups is 1. The van der Waals surface area contributed by atoms with Crippen molar-refractivity contribution in [2.45, 2.75) is 50.5 Å². The molecule has 12 heteroatoms. The number of methoxy groups -OCH3 is 1. The van der Waals surface area contributed by atoms with Crippen molar-refractivity contribution in [3.63, 3.8) is 0 Å². The minimum atomic E-state index is -3.78. The number of sulfone groups is 1. The van der Waals surface area contributed by atoms with E-state index in [0.717, 1.165) is 36.3 Å². The van der Waals surface area contributed by atoms with Crippen LogP contribution >= 0.6 is 0 Å². The number of ether oxygens (including phenoxy) is 1. The summed E-state index contributed by atoms with van der Waals surface area (Å²) in [5.41, 5.74) is -0.963. The highest BCUT2D eigenvalue weighted by molar-refractivity contribution is 7.92. The van der Waals surface area contributed by atoms with Crippen molar-refractivity contribution in [3.8, 4) is 11.1 Å². The van der Waals surface area contributed by atoms with E-state index in [4.69, 9.17) is 4.74 Å². The van der Waals surface area contributed by atoms with Crippen LogP contribution < -0.4 is 5.56 Å². The lowest BCUT2D eigenvalue weighted by Crippen LogP contribution is -2.52. The van der Waals surface area contributed by atoms with E-state index in [-0.39, 0.29) is 59.5 Å². The lowest BCUT2D eigenvalue weighted by molar-refractivity contribution is -0.121. The fraction of sp³-hybridized carbons (Fsp3) is 0.464. The molecule has 1 aromatic heterocycles. The van der Waals surface area contributed by atoms with Gasteiger partial charge in [0.25, 0.3) is 5.56 Å². The molecular weight excluding hydrogens is 547 g/mol. The molecule has 1 atom stereocenters. The molecule has 8 nitrogen and oxygen atoms in total. The lowest BCUT2D eigenvalue weighted by atomic mass is 9.98. The first-order valence-corrected chi connectivity index (χ1v) is 14.8. The van der Waals surface area contributed by atoms with Gasteiger partial charge >= 0.3 is 0 Å². The Morgan fingerprint density at radius 1 is 1.12 bits per heavy atom. The maximum absolute atomic E-state index is 15.2. The standard InChI is InChI=1S/C28H32F3N3O5S/c1-5-24(35)28(2,40(4,37)38)9-11-34-16-32-23-13-20(22(29)12-21(23)27(34)36)19-7-6-17(25(30)26(19)31)8-10-33-14-18(15-33)39-3/h6-7,12-13,16,18H,5,8-11,14-15H2,1-4H3/t28-/m1/s1. The number of hydrogen-bond donors (Lipinski definition) is 0. The molecule has 1 saturated heterocycles. The topological polar surface area (TPSA) is 98.6 Å². The molecule has 216 valence electrons. The molecular formula is C28H32F3N3O5S. The van der Waals surface area contributed by atoms with E-state index in [2.05, 4.69) is 9.88 Å². The summed E-state index contributed by atoms with van der Waals surface area (Å²) in [5.74, 6) is -3.67. The molecule has 3 aromatic rings. The molecule has 4 rings (SSSR count). The zero-order valence-electron chi connectivity index (χ0n) is 22.8. The fourth-order valence-corrected chi connectivity index (χ4v) is 5.93. The Labute approximate surface area is 230 Å². The maximum atomic E-state index is 15.2. The van der Waals surface area contributed by atoms with Crippen LogP contribution in [-0.4, -0.2) is 72.5 Å². The number of fused-ring (bicyclic) bond motifs is 1. The molecule has 1 fully saturated rings. The van der Waals surface area contributed by atoms with Gasteiger partial charge in [-0.3, -0.25) is 19.1 Å². The number of ketones is 1. The van der Waals surface area contributed by atoms with E-state index in [1.165, 1.54) is 25.1 Å². The highest BCUT2D eigenvalue weighted by atomic mass is 32.2. The molecule has 0 unspecified atom stereocenters. The second kappa shape index (κ2) is 11.4. The van der Waals surface area contributed by atoms with Crippen LogP contribution in [0.1, 0.15) is 32.3 Å². The second-order valence-electron chi connectivity index (χ2n) is 10.4. The third-order valence-electron chi connectivity index (χ3n) is 7.88. The van der Waals surface area contributed by atoms with E-state index >= 15 is 8.78 Å². The van der Waals surface area contributed by atoms with Crippen LogP contribution in [-0.2, 0) is 32.3 Å². The molecule has 2 heterocycles. The minimum Gasteiger partial charge on any atom is -0.379 e. The van der Waals surface area contributed by atoms with Crippen molar-refractivity contribution in [1.29, 1.82) is 0 Å². The first kappa shape index (κ1) is 29.9. The van der Waals surface area contributed by atoms with Crippen molar-refractivity contribution >= 4 is 26.5 Å². The van der Waals surface area contributed by atoms with Crippen LogP contribution in [0.15, 0.2) is 35.4 Å². The highest BCUT2D eigenvalue weighted by Gasteiger charge is 2.41. The summed E-state index contributed by atoms with van der Waals surface area (Å²) in [6, 6.07) is 4.82. The molecule has 2 aromatic carbocycles. The Morgan fingerprint density at radius 2 is 1.82 bits per heavy atom. The summed E-state index contributed by atoms with van der Waals surface area (Å²) in [5, 5.41) is -0.118. The van der Waals surface area contributed by atoms with Crippen LogP contribution in [0, 0.1) is 17.5 Å². The normalized spacial score (nSPS) is 16.2. The van der Waals surface area contributed by atoms with Crippen LogP contribution in [0.25, 0.3) is 22.0 Å². The third kappa shape index (κ3) is 5.57. The minimum absolute atomic E-state index is 0.00775. The predicted octanol–water partition coefficient (Wildman–Crippen LogP) is 3.53. The number of hydrogen-bond acceptors (Lipinski definition) is 7. The summed E-state index contributed by atoms with van der Waals surface area (Å²) in [7, 11) is -2.16. The van der Waals surface area contributed by atoms with Crippen molar-refractivity contribution in [1.82, 2.24) is 14.5 Å². The Bertz CT molecular complexity index is 1620. The predicted molar refractivity (Wildman–Crippen MR) is 145 cm³/mol. The molecule has 0 bridgehead atoms. The molecule has 0 saturated carbocycles. The summed E-state index contributed by atoms with van der Waals surface area (Å²) in [6.45, 7) is 4.72. The van der Waals surface area contributed by atoms with Crippen molar-refractivity contribution in [3.05, 3.63) is 64.0 Å². The zero-order valence-corrected chi connectivity index (χ0v) is 23.7. The van der Waals surface area contributed by atoms with Gasteiger partial charge in [-0.1, -0.05) is 19.1 Å². The van der Waals surface area contributed by atoms with E-state index in [1.54, 1.807) is 14.0 Å². The van der Waals surface area contributed by atoms with Gasteiger partial charge < -0.3 is 4.74 Å². The Balaban J connectivity index is 1.60. The quantitative estimate of drug-likeness (QED) is 0.343. The van der Waals surface area contributed by atoms with Gasteiger partial charge in [-0.05, 0) is 37.5 Å². The van der Waals surface area contributed by atoms with Crippen LogP contribution in [0.2, 0.25) is 0 Å². The number of benzene rings is 2. The Morgan fingerprint density at radius 3 is 2.45 bits per heavy atom. The SMILES string of the molecule is CCC(=O)[C@@](C)(CCn1cnc2cc(-c3ccc(CCN4CC(OC)C4)c(F)c3F)c(F)cc2c1=O)S(C)(=O)=O. The first-order valence-electron chi connectivity index (χ1n) is 12.9. The number of carbonyl (C=O) groups excluding carboxylic acids is 1. The van der Waals surface area contributed by atoms with Crippen molar-refractivity contribution in [2.75, 3.05) is 33.0 Å². The molecule has 0 aliphatic carbocycles. The number of rotatable bonds is 11. The number of nitrogens with zero attached hydrogens (tertiary/aromatic N) is 3. The van der Waals surface area contributed by atoms with Crippen molar-refractivity contribution in [2.24, 2.45) is 0 Å². The number of aryl methyl sites for hydroxylation is 1. The fourth-order valence-electron chi connectivity index (χ4n) is 4.91. The number of likely N-dealkylation sites (tertiary alicyclic amines) is 1. The van der Waals surface area contributed by atoms with Gasteiger partial charge in [0.2, 0.25) is 0 Å². The smallest absolute Gasteiger partial charge is 0.261 e. The third-order valence-corrected chi connectivity index (χ3v) is 9.95. The number of Topliss-reactive ketones (excluding diaryl/α,β-unsaturated/α-hetero) is 1. The van der Waals surface area contributed by atoms with Gasteiger partial charge in [0.05, 0.1) is 23.3 Å². The molecule has 1 aliphatic rings. The largest absolute Gasteiger partial charge is 0.379 e.